The summed E-state index contributed by atoms with van der Waals surface area (Å²) in [5.74, 6) is 0.603. The number of fused-ring (bicyclic) bond motifs is 1. The number of nitrogens with zero attached hydrogens (tertiary/aromatic N) is 3. The lowest BCUT2D eigenvalue weighted by molar-refractivity contribution is 0.00696. The highest BCUT2D eigenvalue weighted by molar-refractivity contribution is 5.94. The van der Waals surface area contributed by atoms with E-state index in [1.165, 1.54) is 18.2 Å². The Balaban J connectivity index is 1.40. The van der Waals surface area contributed by atoms with E-state index in [1.807, 2.05) is 4.57 Å². The molecule has 10 heteroatoms. The molecule has 0 atom stereocenters. The number of methoxy groups -OCH3 is 1. The van der Waals surface area contributed by atoms with E-state index in [2.05, 4.69) is 15.9 Å². The van der Waals surface area contributed by atoms with Crippen molar-refractivity contribution >= 4 is 17.0 Å². The van der Waals surface area contributed by atoms with Gasteiger partial charge in [0.1, 0.15) is 35.5 Å². The second kappa shape index (κ2) is 13.5. The normalized spacial score (nSPS) is 11.4. The van der Waals surface area contributed by atoms with Crippen LogP contribution >= 0.6 is 0 Å². The van der Waals surface area contributed by atoms with E-state index >= 15 is 8.78 Å². The van der Waals surface area contributed by atoms with Crippen molar-refractivity contribution in [3.8, 4) is 29.5 Å². The van der Waals surface area contributed by atoms with Crippen LogP contribution in [0, 0.1) is 29.8 Å². The molecule has 0 spiro atoms. The molecular formula is C36H32F3N3O4. The predicted molar refractivity (Wildman–Crippen MR) is 168 cm³/mol. The molecule has 3 aromatic carbocycles. The molecule has 5 rings (SSSR count). The third-order valence-electron chi connectivity index (χ3n) is 7.06. The van der Waals surface area contributed by atoms with E-state index in [9.17, 15) is 9.18 Å². The van der Waals surface area contributed by atoms with Gasteiger partial charge in [-0.05, 0) is 74.9 Å². The van der Waals surface area contributed by atoms with Gasteiger partial charge < -0.3 is 18.8 Å². The lowest BCUT2D eigenvalue weighted by Gasteiger charge is -2.19. The van der Waals surface area contributed by atoms with Gasteiger partial charge in [-0.1, -0.05) is 18.1 Å². The van der Waals surface area contributed by atoms with Crippen LogP contribution in [0.5, 0.6) is 5.88 Å². The zero-order valence-electron chi connectivity index (χ0n) is 25.9. The minimum atomic E-state index is -0.691. The molecule has 0 radical (unpaired) electrons. The Morgan fingerprint density at radius 2 is 1.72 bits per heavy atom. The average Bonchev–Trinajstić information content (AvgIpc) is 3.36. The summed E-state index contributed by atoms with van der Waals surface area (Å²) in [5, 5.41) is 0. The molecule has 7 nitrogen and oxygen atoms in total. The number of benzene rings is 3. The van der Waals surface area contributed by atoms with Crippen molar-refractivity contribution in [2.45, 2.75) is 45.9 Å². The van der Waals surface area contributed by atoms with E-state index in [0.717, 1.165) is 12.1 Å². The quantitative estimate of drug-likeness (QED) is 0.120. The van der Waals surface area contributed by atoms with Crippen LogP contribution in [-0.2, 0) is 29.0 Å². The van der Waals surface area contributed by atoms with Gasteiger partial charge in [0.15, 0.2) is 0 Å². The summed E-state index contributed by atoms with van der Waals surface area (Å²) < 4.78 is 63.6. The number of halogens is 3. The fourth-order valence-electron chi connectivity index (χ4n) is 4.84. The molecule has 0 N–H and O–H groups in total. The Morgan fingerprint density at radius 1 is 0.935 bits per heavy atom. The first-order chi connectivity index (χ1) is 22.0. The molecule has 0 amide bonds. The molecule has 0 aliphatic carbocycles. The van der Waals surface area contributed by atoms with E-state index in [-0.39, 0.29) is 41.3 Å². The van der Waals surface area contributed by atoms with Crippen LogP contribution in [0.2, 0.25) is 0 Å². The van der Waals surface area contributed by atoms with Gasteiger partial charge >= 0.3 is 5.97 Å². The topological polar surface area (TPSA) is 75.5 Å². The fourth-order valence-corrected chi connectivity index (χ4v) is 4.84. The maximum Gasteiger partial charge on any atom is 0.338 e. The number of hydrogen-bond acceptors (Lipinski definition) is 6. The van der Waals surface area contributed by atoms with Crippen LogP contribution in [0.25, 0.3) is 22.3 Å². The van der Waals surface area contributed by atoms with Crippen molar-refractivity contribution < 1.29 is 32.2 Å². The summed E-state index contributed by atoms with van der Waals surface area (Å²) in [6, 6.07) is 16.2. The van der Waals surface area contributed by atoms with Gasteiger partial charge in [0.25, 0.3) is 0 Å². The molecule has 2 aromatic heterocycles. The summed E-state index contributed by atoms with van der Waals surface area (Å²) in [5.41, 5.74) is 1.74. The van der Waals surface area contributed by atoms with Crippen molar-refractivity contribution in [1.29, 1.82) is 0 Å². The third kappa shape index (κ3) is 7.38. The van der Waals surface area contributed by atoms with Gasteiger partial charge in [0.05, 0.1) is 28.9 Å². The highest BCUT2D eigenvalue weighted by Crippen LogP contribution is 2.29. The van der Waals surface area contributed by atoms with Crippen molar-refractivity contribution in [3.63, 3.8) is 0 Å². The molecule has 0 aliphatic heterocycles. The summed E-state index contributed by atoms with van der Waals surface area (Å²) in [6.07, 6.45) is 5.28. The number of rotatable bonds is 10. The van der Waals surface area contributed by atoms with E-state index < -0.39 is 29.0 Å². The first-order valence-electron chi connectivity index (χ1n) is 14.5. The SMILES string of the molecule is C#Cc1ccc(COc2cccc(-c3cc(F)c(Cc4nc5ccc(C(=O)OC(C)(C)C)cc5n4CCOC)cc3F)n2)c(F)c1. The van der Waals surface area contributed by atoms with Gasteiger partial charge in [-0.25, -0.2) is 27.9 Å². The van der Waals surface area contributed by atoms with Gasteiger partial charge in [-0.2, -0.15) is 0 Å². The Labute approximate surface area is 265 Å². The second-order valence-electron chi connectivity index (χ2n) is 11.6. The van der Waals surface area contributed by atoms with Gasteiger partial charge in [-0.3, -0.25) is 0 Å². The predicted octanol–water partition coefficient (Wildman–Crippen LogP) is 7.27. The molecule has 46 heavy (non-hydrogen) atoms. The monoisotopic (exact) mass is 627 g/mol. The molecule has 0 bridgehead atoms. The van der Waals surface area contributed by atoms with Crippen molar-refractivity contribution in [2.24, 2.45) is 0 Å². The molecule has 0 saturated carbocycles. The van der Waals surface area contributed by atoms with E-state index in [4.69, 9.17) is 20.6 Å². The summed E-state index contributed by atoms with van der Waals surface area (Å²) >= 11 is 0. The van der Waals surface area contributed by atoms with Crippen LogP contribution in [0.4, 0.5) is 13.2 Å². The van der Waals surface area contributed by atoms with Crippen LogP contribution in [0.1, 0.15) is 53.6 Å². The molecule has 0 aliphatic rings. The average molecular weight is 628 g/mol. The number of pyridine rings is 1. The van der Waals surface area contributed by atoms with E-state index in [1.54, 1.807) is 64.3 Å². The standard InChI is InChI=1S/C36H32F3N3O4/c1-6-22-10-11-24(27(37)16-22)21-45-34-9-7-8-30(41-34)26-20-28(38)25(17-29(26)39)19-33-40-31-13-12-23(35(43)46-36(2,3)4)18-32(31)42(33)14-15-44-5/h1,7-13,16-18,20H,14-15,19,21H2,2-5H3. The zero-order valence-corrected chi connectivity index (χ0v) is 25.9. The highest BCUT2D eigenvalue weighted by atomic mass is 19.1. The minimum Gasteiger partial charge on any atom is -0.473 e. The first-order valence-corrected chi connectivity index (χ1v) is 14.5. The van der Waals surface area contributed by atoms with Crippen molar-refractivity contribution in [1.82, 2.24) is 14.5 Å². The first kappa shape index (κ1) is 32.3. The molecule has 0 fully saturated rings. The second-order valence-corrected chi connectivity index (χ2v) is 11.6. The van der Waals surface area contributed by atoms with Crippen molar-refractivity contribution in [3.05, 3.63) is 112 Å². The van der Waals surface area contributed by atoms with Crippen LogP contribution in [-0.4, -0.2) is 39.8 Å². The number of ether oxygens (including phenoxy) is 3. The maximum atomic E-state index is 15.5. The molecule has 0 saturated heterocycles. The Bertz CT molecular complexity index is 1960. The van der Waals surface area contributed by atoms with Gasteiger partial charge in [-0.15, -0.1) is 6.42 Å². The maximum absolute atomic E-state index is 15.5. The number of esters is 1. The van der Waals surface area contributed by atoms with Crippen molar-refractivity contribution in [2.75, 3.05) is 13.7 Å². The summed E-state index contributed by atoms with van der Waals surface area (Å²) in [7, 11) is 1.56. The Kier molecular flexibility index (Phi) is 9.44. The fraction of sp³-hybridized carbons (Fsp3) is 0.250. The highest BCUT2D eigenvalue weighted by Gasteiger charge is 2.21. The van der Waals surface area contributed by atoms with Crippen LogP contribution in [0.3, 0.4) is 0 Å². The molecule has 5 aromatic rings. The zero-order chi connectivity index (χ0) is 33.0. The Hall–Kier alpha value is -5.14. The number of carbonyl (C=O) groups is 1. The van der Waals surface area contributed by atoms with Crippen LogP contribution < -0.4 is 4.74 Å². The summed E-state index contributed by atoms with van der Waals surface area (Å²) in [6.45, 7) is 5.93. The number of terminal acetylenes is 1. The van der Waals surface area contributed by atoms with Gasteiger partial charge in [0.2, 0.25) is 5.88 Å². The largest absolute Gasteiger partial charge is 0.473 e. The molecular weight excluding hydrogens is 595 g/mol. The minimum absolute atomic E-state index is 0.0240. The number of hydrogen-bond donors (Lipinski definition) is 0. The van der Waals surface area contributed by atoms with Gasteiger partial charge in [0, 0.05) is 42.8 Å². The Morgan fingerprint density at radius 3 is 2.43 bits per heavy atom. The number of carbonyl (C=O) groups excluding carboxylic acids is 1. The molecule has 2 heterocycles. The lowest BCUT2D eigenvalue weighted by Crippen LogP contribution is -2.23. The number of imidazole rings is 1. The smallest absolute Gasteiger partial charge is 0.338 e. The molecule has 0 unspecified atom stereocenters. The van der Waals surface area contributed by atoms with Crippen LogP contribution in [0.15, 0.2) is 66.7 Å². The summed E-state index contributed by atoms with van der Waals surface area (Å²) in [4.78, 5) is 21.7. The number of aromatic nitrogens is 3. The lowest BCUT2D eigenvalue weighted by atomic mass is 10.0. The third-order valence-corrected chi connectivity index (χ3v) is 7.06. The molecule has 236 valence electrons. The van der Waals surface area contributed by atoms with E-state index in [0.29, 0.717) is 41.1 Å².